The maximum absolute atomic E-state index is 12.9. The molecule has 0 aromatic rings. The van der Waals surface area contributed by atoms with Gasteiger partial charge in [-0.2, -0.15) is 13.1 Å². The smallest absolute Gasteiger partial charge is 0.415 e. The van der Waals surface area contributed by atoms with Crippen LogP contribution in [0.15, 0.2) is 0 Å². The van der Waals surface area contributed by atoms with Crippen LogP contribution >= 0.6 is 12.0 Å². The lowest BCUT2D eigenvalue weighted by molar-refractivity contribution is -0.777. The first-order valence-electron chi connectivity index (χ1n) is 5.92. The van der Waals surface area contributed by atoms with Crippen LogP contribution in [-0.4, -0.2) is 43.1 Å². The maximum Gasteiger partial charge on any atom is 0.415 e. The van der Waals surface area contributed by atoms with Crippen LogP contribution in [0.4, 0.5) is 8.78 Å². The normalized spacial score (nSPS) is 19.1. The summed E-state index contributed by atoms with van der Waals surface area (Å²) in [6.45, 7) is -0.447. The fraction of sp³-hybridized carbons (Fsp3) is 0.800. The largest absolute Gasteiger partial charge is 0.691 e. The van der Waals surface area contributed by atoms with Crippen LogP contribution in [-0.2, 0) is 33.2 Å². The second-order valence-electron chi connectivity index (χ2n) is 3.98. The summed E-state index contributed by atoms with van der Waals surface area (Å²) in [6.07, 6.45) is 2.37. The van der Waals surface area contributed by atoms with Gasteiger partial charge in [-0.15, -0.1) is 0 Å². The van der Waals surface area contributed by atoms with Crippen LogP contribution in [0.25, 0.3) is 0 Å². The molecule has 0 radical (unpaired) electrons. The molecule has 1 rings (SSSR count). The highest BCUT2D eigenvalue weighted by Crippen LogP contribution is 2.30. The molecular formula is C10H13F2O8S-. The molecule has 0 aliphatic carbocycles. The van der Waals surface area contributed by atoms with Crippen LogP contribution in [0, 0.1) is 0 Å². The lowest BCUT2D eigenvalue weighted by Crippen LogP contribution is -2.31. The van der Waals surface area contributed by atoms with Gasteiger partial charge in [0.25, 0.3) is 0 Å². The summed E-state index contributed by atoms with van der Waals surface area (Å²) < 4.78 is 43.2. The highest BCUT2D eigenvalue weighted by molar-refractivity contribution is 7.96. The summed E-state index contributed by atoms with van der Waals surface area (Å²) in [4.78, 5) is 22.1. The van der Waals surface area contributed by atoms with E-state index in [1.165, 1.54) is 0 Å². The van der Waals surface area contributed by atoms with Crippen LogP contribution < -0.4 is 5.26 Å². The molecule has 1 saturated heterocycles. The zero-order valence-corrected chi connectivity index (χ0v) is 11.6. The molecule has 1 unspecified atom stereocenters. The minimum atomic E-state index is -4.18. The number of rotatable bonds is 8. The molecule has 0 aromatic heterocycles. The van der Waals surface area contributed by atoms with Gasteiger partial charge >= 0.3 is 17.2 Å². The summed E-state index contributed by atoms with van der Waals surface area (Å²) in [7, 11) is 0. The van der Waals surface area contributed by atoms with Crippen molar-refractivity contribution in [3.8, 4) is 0 Å². The number of esters is 2. The molecule has 8 nitrogen and oxygen atoms in total. The number of hydrogen-bond acceptors (Lipinski definition) is 9. The first-order valence-corrected chi connectivity index (χ1v) is 6.66. The van der Waals surface area contributed by atoms with Crippen LogP contribution in [0.1, 0.15) is 19.3 Å². The zero-order chi connectivity index (χ0) is 15.7. The topological polar surface area (TPSA) is 103 Å². The van der Waals surface area contributed by atoms with Gasteiger partial charge in [-0.05, 0) is 19.3 Å². The molecule has 1 heterocycles. The van der Waals surface area contributed by atoms with Gasteiger partial charge < -0.3 is 19.5 Å². The minimum Gasteiger partial charge on any atom is -0.691 e. The molecular weight excluding hydrogens is 318 g/mol. The standard InChI is InChI=1S/C10H14F2O8S/c11-10(12,21-20-19-15)9(14)18-6-8(13)17-5-7-3-1-2-4-16-7/h7,15H,1-6H2/p-1. The summed E-state index contributed by atoms with van der Waals surface area (Å²) >= 11 is -0.840. The van der Waals surface area contributed by atoms with E-state index >= 15 is 0 Å². The fourth-order valence-electron chi connectivity index (χ4n) is 1.47. The third kappa shape index (κ3) is 7.00. The second-order valence-corrected chi connectivity index (χ2v) is 4.80. The van der Waals surface area contributed by atoms with E-state index in [9.17, 15) is 23.6 Å². The van der Waals surface area contributed by atoms with Gasteiger partial charge in [0.05, 0.1) is 6.10 Å². The summed E-state index contributed by atoms with van der Waals surface area (Å²) in [5.74, 6) is -3.05. The van der Waals surface area contributed by atoms with Crippen molar-refractivity contribution in [2.24, 2.45) is 0 Å². The molecule has 1 aliphatic rings. The molecule has 0 amide bonds. The third-order valence-electron chi connectivity index (χ3n) is 2.43. The first-order chi connectivity index (χ1) is 9.95. The van der Waals surface area contributed by atoms with Gasteiger partial charge in [-0.1, -0.05) is 0 Å². The van der Waals surface area contributed by atoms with E-state index in [0.29, 0.717) is 6.61 Å². The monoisotopic (exact) mass is 331 g/mol. The fourth-order valence-corrected chi connectivity index (χ4v) is 1.71. The molecule has 21 heavy (non-hydrogen) atoms. The van der Waals surface area contributed by atoms with Gasteiger partial charge in [-0.3, -0.25) is 5.04 Å². The van der Waals surface area contributed by atoms with Crippen molar-refractivity contribution < 1.29 is 47.2 Å². The lowest BCUT2D eigenvalue weighted by Gasteiger charge is -2.22. The Morgan fingerprint density at radius 1 is 1.33 bits per heavy atom. The second kappa shape index (κ2) is 9.10. The first kappa shape index (κ1) is 18.0. The van der Waals surface area contributed by atoms with Gasteiger partial charge in [0, 0.05) is 6.61 Å². The SMILES string of the molecule is O=C(COC(=O)C(F)(F)SOO[O-])OCC1CCCCO1. The van der Waals surface area contributed by atoms with E-state index in [-0.39, 0.29) is 12.7 Å². The Morgan fingerprint density at radius 3 is 2.71 bits per heavy atom. The van der Waals surface area contributed by atoms with Crippen LogP contribution in [0.2, 0.25) is 0 Å². The van der Waals surface area contributed by atoms with Crippen molar-refractivity contribution in [3.05, 3.63) is 0 Å². The summed E-state index contributed by atoms with van der Waals surface area (Å²) in [5, 5.41) is 7.88. The van der Waals surface area contributed by atoms with Gasteiger partial charge in [0.15, 0.2) is 6.61 Å². The van der Waals surface area contributed by atoms with Crippen molar-refractivity contribution in [1.82, 2.24) is 0 Å². The Bertz CT molecular complexity index is 348. The minimum absolute atomic E-state index is 0.0331. The van der Waals surface area contributed by atoms with Gasteiger partial charge in [-0.25, -0.2) is 9.59 Å². The van der Waals surface area contributed by atoms with Crippen molar-refractivity contribution in [2.75, 3.05) is 19.8 Å². The van der Waals surface area contributed by atoms with E-state index in [1.54, 1.807) is 0 Å². The summed E-state index contributed by atoms with van der Waals surface area (Å²) in [6, 6.07) is 0. The van der Waals surface area contributed by atoms with Gasteiger partial charge in [0.2, 0.25) is 0 Å². The molecule has 11 heteroatoms. The van der Waals surface area contributed by atoms with Crippen LogP contribution in [0.3, 0.4) is 0 Å². The molecule has 1 aliphatic heterocycles. The number of carbonyl (C=O) groups excluding carboxylic acids is 2. The van der Waals surface area contributed by atoms with Crippen LogP contribution in [0.5, 0.6) is 0 Å². The molecule has 1 atom stereocenters. The van der Waals surface area contributed by atoms with E-state index in [2.05, 4.69) is 14.1 Å². The Kier molecular flexibility index (Phi) is 7.82. The molecule has 0 N–H and O–H groups in total. The molecule has 0 spiro atoms. The van der Waals surface area contributed by atoms with E-state index in [4.69, 9.17) is 9.47 Å². The molecule has 1 fully saturated rings. The van der Waals surface area contributed by atoms with Crippen molar-refractivity contribution in [2.45, 2.75) is 30.6 Å². The number of halogens is 2. The third-order valence-corrected chi connectivity index (χ3v) is 2.93. The van der Waals surface area contributed by atoms with E-state index < -0.39 is 35.8 Å². The average Bonchev–Trinajstić information content (AvgIpc) is 2.49. The Balaban J connectivity index is 2.20. The summed E-state index contributed by atoms with van der Waals surface area (Å²) in [5.41, 5.74) is 0. The van der Waals surface area contributed by atoms with E-state index in [1.807, 2.05) is 0 Å². The lowest BCUT2D eigenvalue weighted by atomic mass is 10.1. The Morgan fingerprint density at radius 2 is 2.10 bits per heavy atom. The number of alkyl halides is 2. The number of ether oxygens (including phenoxy) is 3. The quantitative estimate of drug-likeness (QED) is 0.265. The predicted octanol–water partition coefficient (Wildman–Crippen LogP) is 0.106. The zero-order valence-electron chi connectivity index (χ0n) is 10.8. The Hall–Kier alpha value is -1.01. The van der Waals surface area contributed by atoms with Crippen molar-refractivity contribution in [1.29, 1.82) is 0 Å². The predicted molar refractivity (Wildman–Crippen MR) is 60.2 cm³/mol. The maximum atomic E-state index is 12.9. The molecule has 122 valence electrons. The number of carbonyl (C=O) groups is 2. The average molecular weight is 331 g/mol. The van der Waals surface area contributed by atoms with Gasteiger partial charge in [0.1, 0.15) is 18.6 Å². The van der Waals surface area contributed by atoms with E-state index in [0.717, 1.165) is 19.3 Å². The molecule has 0 bridgehead atoms. The highest BCUT2D eigenvalue weighted by Gasteiger charge is 2.44. The number of hydrogen-bond donors (Lipinski definition) is 0. The molecule has 0 aromatic carbocycles. The van der Waals surface area contributed by atoms with Crippen molar-refractivity contribution >= 4 is 24.0 Å². The van der Waals surface area contributed by atoms with Crippen molar-refractivity contribution in [3.63, 3.8) is 0 Å². The Labute approximate surface area is 122 Å². The molecule has 0 saturated carbocycles. The highest BCUT2D eigenvalue weighted by atomic mass is 32.2.